The molecule has 0 fully saturated rings. The Bertz CT molecular complexity index is 4680. The number of fused-ring (bicyclic) bond motifs is 15. The first-order valence-electron chi connectivity index (χ1n) is 34.7. The SMILES string of the molecule is COc1ccc(N(c2ccc(OC)cc2)c2ccc3c(c2)C2(CC4(c5cc(N(c6ccc(OC)cc6)c6ccc(OC)cc6)ccc5-c5ccc(N(c6ccc(OC)cc6)c6ccc(OC)cc6)cc54)c4ccsc4-c4sccc42)c2cc(N(c4ccc(OC)cc4)c4ccc(OC)cc4)ccc2-3)cc1. The van der Waals surface area contributed by atoms with Gasteiger partial charge in [0.2, 0.25) is 0 Å². The highest BCUT2D eigenvalue weighted by molar-refractivity contribution is 7.20. The molecule has 0 amide bonds. The molecule has 105 heavy (non-hydrogen) atoms. The van der Waals surface area contributed by atoms with Crippen molar-refractivity contribution in [3.8, 4) is 78.0 Å². The van der Waals surface area contributed by atoms with E-state index in [4.69, 9.17) is 37.9 Å². The topological polar surface area (TPSA) is 86.8 Å². The Hall–Kier alpha value is -12.4. The lowest BCUT2D eigenvalue weighted by atomic mass is 9.59. The molecule has 2 aromatic heterocycles. The minimum atomic E-state index is -0.913. The zero-order valence-corrected chi connectivity index (χ0v) is 60.9. The number of nitrogens with zero attached hydrogens (tertiary/aromatic N) is 4. The summed E-state index contributed by atoms with van der Waals surface area (Å²) in [6.45, 7) is 0. The molecular formula is C91H74N4O8S2. The van der Waals surface area contributed by atoms with Crippen molar-refractivity contribution in [1.82, 2.24) is 0 Å². The number of methoxy groups -OCH3 is 8. The van der Waals surface area contributed by atoms with Crippen LogP contribution in [0.3, 0.4) is 0 Å². The number of ether oxygens (including phenoxy) is 8. The highest BCUT2D eigenvalue weighted by atomic mass is 32.1. The standard InChI is InChI=1S/C91H74N4O8S2/c1-96-70-29-9-58(10-30-70)92(59-11-31-71(97-2)32-12-59)66-25-45-78-79-46-26-67(93(60-13-33-72(98-3)34-14-60)61-15-35-73(99-4)36-16-61)54-85(79)90(84(78)53-66)57-91(83-50-52-105-89(83)88-82(90)49-51-104-88)86-55-68(94(62-17-37-74(100-5)38-18-62)63-19-39-75(101-6)40-20-63)27-47-80(86)81-48-28-69(56-87(81)91)95(64-21-41-76(102-7)42-22-64)65-23-43-77(103-8)44-24-65/h9-56H,57H2,1-8H3. The maximum Gasteiger partial charge on any atom is 0.119 e. The largest absolute Gasteiger partial charge is 0.497 e. The second-order valence-corrected chi connectivity index (χ2v) is 28.0. The summed E-state index contributed by atoms with van der Waals surface area (Å²) in [6, 6.07) is 100. The molecule has 3 aliphatic carbocycles. The quantitative estimate of drug-likeness (QED) is 0.0728. The normalized spacial score (nSPS) is 12.9. The van der Waals surface area contributed by atoms with Crippen LogP contribution in [0.25, 0.3) is 32.0 Å². The minimum Gasteiger partial charge on any atom is -0.497 e. The maximum absolute atomic E-state index is 5.81. The van der Waals surface area contributed by atoms with E-state index in [1.54, 1.807) is 56.9 Å². The fraction of sp³-hybridized carbons (Fsp3) is 0.121. The number of rotatable bonds is 20. The van der Waals surface area contributed by atoms with Crippen molar-refractivity contribution in [3.05, 3.63) is 323 Å². The maximum atomic E-state index is 5.81. The van der Waals surface area contributed by atoms with Gasteiger partial charge in [0.1, 0.15) is 46.0 Å². The van der Waals surface area contributed by atoms with Crippen LogP contribution in [0.5, 0.6) is 46.0 Å². The molecule has 17 rings (SSSR count). The van der Waals surface area contributed by atoms with E-state index in [-0.39, 0.29) is 0 Å². The van der Waals surface area contributed by atoms with E-state index in [0.717, 1.165) is 136 Å². The fourth-order valence-corrected chi connectivity index (χ4v) is 18.3. The molecule has 518 valence electrons. The third kappa shape index (κ3) is 11.1. The Morgan fingerprint density at radius 1 is 0.210 bits per heavy atom. The molecule has 0 bridgehead atoms. The Morgan fingerprint density at radius 2 is 0.381 bits per heavy atom. The summed E-state index contributed by atoms with van der Waals surface area (Å²) in [6.07, 6.45) is 0.555. The van der Waals surface area contributed by atoms with Gasteiger partial charge in [-0.15, -0.1) is 22.7 Å². The van der Waals surface area contributed by atoms with Gasteiger partial charge >= 0.3 is 0 Å². The number of hydrogen-bond acceptors (Lipinski definition) is 14. The van der Waals surface area contributed by atoms with Gasteiger partial charge in [0.15, 0.2) is 0 Å². The predicted octanol–water partition coefficient (Wildman–Crippen LogP) is 23.5. The lowest BCUT2D eigenvalue weighted by molar-refractivity contribution is 0.414. The van der Waals surface area contributed by atoms with E-state index < -0.39 is 10.8 Å². The fourth-order valence-electron chi connectivity index (χ4n) is 16.2. The van der Waals surface area contributed by atoms with Gasteiger partial charge in [-0.05, 0) is 328 Å². The molecule has 0 radical (unpaired) electrons. The van der Waals surface area contributed by atoms with Gasteiger partial charge in [0.25, 0.3) is 0 Å². The number of hydrogen-bond donors (Lipinski definition) is 0. The molecule has 14 heteroatoms. The zero-order valence-electron chi connectivity index (χ0n) is 59.3. The van der Waals surface area contributed by atoms with Crippen molar-refractivity contribution >= 4 is 90.9 Å². The van der Waals surface area contributed by atoms with Gasteiger partial charge in [-0.25, -0.2) is 0 Å². The number of benzene rings is 12. The molecule has 3 aliphatic rings. The summed E-state index contributed by atoms with van der Waals surface area (Å²) in [5.41, 5.74) is 21.7. The lowest BCUT2D eigenvalue weighted by Crippen LogP contribution is -2.38. The van der Waals surface area contributed by atoms with E-state index in [1.165, 1.54) is 43.1 Å². The second kappa shape index (κ2) is 27.1. The summed E-state index contributed by atoms with van der Waals surface area (Å²) >= 11 is 3.65. The molecule has 0 saturated heterocycles. The summed E-state index contributed by atoms with van der Waals surface area (Å²) in [5.74, 6) is 6.13. The van der Waals surface area contributed by atoms with Gasteiger partial charge < -0.3 is 57.5 Å². The molecule has 0 unspecified atom stereocenters. The van der Waals surface area contributed by atoms with Crippen LogP contribution in [0, 0.1) is 0 Å². The van der Waals surface area contributed by atoms with Crippen molar-refractivity contribution in [1.29, 1.82) is 0 Å². The average molecular weight is 1420 g/mol. The number of anilines is 12. The number of thiophene rings is 2. The van der Waals surface area contributed by atoms with E-state index in [9.17, 15) is 0 Å². The predicted molar refractivity (Wildman–Crippen MR) is 427 cm³/mol. The van der Waals surface area contributed by atoms with E-state index >= 15 is 0 Å². The van der Waals surface area contributed by atoms with Crippen molar-refractivity contribution in [2.45, 2.75) is 17.3 Å². The molecule has 2 heterocycles. The van der Waals surface area contributed by atoms with E-state index in [0.29, 0.717) is 6.42 Å². The monoisotopic (exact) mass is 1410 g/mol. The summed E-state index contributed by atoms with van der Waals surface area (Å²) < 4.78 is 46.5. The molecule has 12 nitrogen and oxygen atoms in total. The molecule has 0 N–H and O–H groups in total. The minimum absolute atomic E-state index is 0.555. The zero-order chi connectivity index (χ0) is 71.5. The first-order chi connectivity index (χ1) is 51.6. The Kier molecular flexibility index (Phi) is 17.0. The van der Waals surface area contributed by atoms with E-state index in [1.807, 2.05) is 120 Å². The average Bonchev–Trinajstić information content (AvgIpc) is 1.50. The Balaban J connectivity index is 0.987. The summed E-state index contributed by atoms with van der Waals surface area (Å²) in [7, 11) is 13.7. The highest BCUT2D eigenvalue weighted by Crippen LogP contribution is 2.70. The third-order valence-electron chi connectivity index (χ3n) is 21.1. The molecule has 0 atom stereocenters. The van der Waals surface area contributed by atoms with Crippen LogP contribution < -0.4 is 57.5 Å². The van der Waals surface area contributed by atoms with Crippen LogP contribution in [-0.4, -0.2) is 56.9 Å². The van der Waals surface area contributed by atoms with Crippen LogP contribution in [-0.2, 0) is 10.8 Å². The van der Waals surface area contributed by atoms with Crippen LogP contribution >= 0.6 is 22.7 Å². The first kappa shape index (κ1) is 65.9. The van der Waals surface area contributed by atoms with Gasteiger partial charge in [0.05, 0.1) is 56.9 Å². The molecular weight excluding hydrogens is 1340 g/mol. The smallest absolute Gasteiger partial charge is 0.119 e. The molecule has 2 spiro atoms. The molecule has 0 aliphatic heterocycles. The van der Waals surface area contributed by atoms with Crippen molar-refractivity contribution < 1.29 is 37.9 Å². The first-order valence-corrected chi connectivity index (χ1v) is 36.4. The molecule has 0 saturated carbocycles. The lowest BCUT2D eigenvalue weighted by Gasteiger charge is -2.42. The Labute approximate surface area is 619 Å². The highest BCUT2D eigenvalue weighted by Gasteiger charge is 2.59. The van der Waals surface area contributed by atoms with Gasteiger partial charge in [-0.1, -0.05) is 24.3 Å². The van der Waals surface area contributed by atoms with Gasteiger partial charge in [-0.3, -0.25) is 0 Å². The van der Waals surface area contributed by atoms with E-state index in [2.05, 4.69) is 212 Å². The van der Waals surface area contributed by atoms with Gasteiger partial charge in [-0.2, -0.15) is 0 Å². The molecule has 14 aromatic rings. The van der Waals surface area contributed by atoms with Crippen molar-refractivity contribution in [3.63, 3.8) is 0 Å². The van der Waals surface area contributed by atoms with Crippen LogP contribution in [0.15, 0.2) is 290 Å². The van der Waals surface area contributed by atoms with Crippen molar-refractivity contribution in [2.75, 3.05) is 76.5 Å². The van der Waals surface area contributed by atoms with Crippen LogP contribution in [0.1, 0.15) is 39.8 Å². The Morgan fingerprint density at radius 3 is 0.552 bits per heavy atom. The van der Waals surface area contributed by atoms with Gasteiger partial charge in [0, 0.05) is 88.8 Å². The second-order valence-electron chi connectivity index (χ2n) is 26.2. The molecule has 12 aromatic carbocycles. The van der Waals surface area contributed by atoms with Crippen LogP contribution in [0.2, 0.25) is 0 Å². The summed E-state index contributed by atoms with van der Waals surface area (Å²) in [4.78, 5) is 11.9. The summed E-state index contributed by atoms with van der Waals surface area (Å²) in [5, 5.41) is 4.63. The van der Waals surface area contributed by atoms with Crippen molar-refractivity contribution in [2.24, 2.45) is 0 Å². The van der Waals surface area contributed by atoms with Crippen LogP contribution in [0.4, 0.5) is 68.2 Å². The third-order valence-corrected chi connectivity index (χ3v) is 23.1.